The number of nitrogens with zero attached hydrogens (tertiary/aromatic N) is 1. The molecule has 2 N–H and O–H groups in total. The Hall–Kier alpha value is -2.64. The van der Waals surface area contributed by atoms with Crippen molar-refractivity contribution >= 4 is 11.6 Å². The van der Waals surface area contributed by atoms with Gasteiger partial charge in [0, 0.05) is 23.9 Å². The van der Waals surface area contributed by atoms with E-state index in [1.165, 1.54) is 0 Å². The van der Waals surface area contributed by atoms with Gasteiger partial charge in [-0.25, -0.2) is 0 Å². The summed E-state index contributed by atoms with van der Waals surface area (Å²) < 4.78 is 0. The quantitative estimate of drug-likeness (QED) is 0.836. The second-order valence-electron chi connectivity index (χ2n) is 4.03. The molecule has 100 valence electrons. The van der Waals surface area contributed by atoms with Crippen LogP contribution in [0.2, 0.25) is 0 Å². The van der Waals surface area contributed by atoms with Gasteiger partial charge in [0.25, 0.3) is 5.91 Å². The molecule has 0 spiro atoms. The molecule has 0 aliphatic rings. The molecule has 0 saturated heterocycles. The van der Waals surface area contributed by atoms with Gasteiger partial charge < -0.3 is 10.4 Å². The molecule has 4 heteroatoms. The standard InChI is InChI=1S/C16H14N2O2/c19-11-4-2-6-13-7-5-8-14(12-13)18-16(20)15-9-1-3-10-17-15/h1,3,5,7-10,12,19H,4,11H2,(H,18,20). The van der Waals surface area contributed by atoms with Crippen LogP contribution < -0.4 is 5.32 Å². The van der Waals surface area contributed by atoms with Crippen molar-refractivity contribution in [3.8, 4) is 11.8 Å². The van der Waals surface area contributed by atoms with Gasteiger partial charge in [0.05, 0.1) is 6.61 Å². The lowest BCUT2D eigenvalue weighted by molar-refractivity contribution is 0.102. The van der Waals surface area contributed by atoms with Gasteiger partial charge in [-0.15, -0.1) is 0 Å². The van der Waals surface area contributed by atoms with Crippen molar-refractivity contribution in [1.82, 2.24) is 4.98 Å². The van der Waals surface area contributed by atoms with Crippen LogP contribution in [0.25, 0.3) is 0 Å². The summed E-state index contributed by atoms with van der Waals surface area (Å²) >= 11 is 0. The molecule has 0 bridgehead atoms. The number of amides is 1. The Balaban J connectivity index is 2.09. The summed E-state index contributed by atoms with van der Waals surface area (Å²) in [6.45, 7) is 0.0447. The normalized spacial score (nSPS) is 9.45. The van der Waals surface area contributed by atoms with Gasteiger partial charge in [0.1, 0.15) is 5.69 Å². The van der Waals surface area contributed by atoms with Crippen LogP contribution in [0, 0.1) is 11.8 Å². The number of aliphatic hydroxyl groups is 1. The zero-order chi connectivity index (χ0) is 14.2. The van der Waals surface area contributed by atoms with Crippen molar-refractivity contribution in [3.63, 3.8) is 0 Å². The van der Waals surface area contributed by atoms with Gasteiger partial charge in [-0.3, -0.25) is 9.78 Å². The minimum Gasteiger partial charge on any atom is -0.395 e. The van der Waals surface area contributed by atoms with Gasteiger partial charge in [-0.05, 0) is 30.3 Å². The molecule has 2 aromatic rings. The van der Waals surface area contributed by atoms with Crippen LogP contribution in [0.15, 0.2) is 48.7 Å². The fourth-order valence-corrected chi connectivity index (χ4v) is 1.59. The van der Waals surface area contributed by atoms with Crippen LogP contribution in [0.5, 0.6) is 0 Å². The molecule has 1 aromatic heterocycles. The first-order chi connectivity index (χ1) is 9.79. The molecule has 0 radical (unpaired) electrons. The molecule has 0 aliphatic heterocycles. The van der Waals surface area contributed by atoms with Gasteiger partial charge in [0.15, 0.2) is 0 Å². The lowest BCUT2D eigenvalue weighted by atomic mass is 10.2. The molecule has 4 nitrogen and oxygen atoms in total. The highest BCUT2D eigenvalue weighted by atomic mass is 16.2. The minimum absolute atomic E-state index is 0.0447. The highest BCUT2D eigenvalue weighted by molar-refractivity contribution is 6.02. The van der Waals surface area contributed by atoms with E-state index in [2.05, 4.69) is 22.1 Å². The summed E-state index contributed by atoms with van der Waals surface area (Å²) in [4.78, 5) is 15.9. The van der Waals surface area contributed by atoms with Crippen molar-refractivity contribution in [2.75, 3.05) is 11.9 Å². The number of anilines is 1. The molecule has 0 aliphatic carbocycles. The zero-order valence-electron chi connectivity index (χ0n) is 10.8. The fourth-order valence-electron chi connectivity index (χ4n) is 1.59. The predicted molar refractivity (Wildman–Crippen MR) is 77.2 cm³/mol. The number of aliphatic hydroxyl groups excluding tert-OH is 1. The first kappa shape index (κ1) is 13.8. The number of hydrogen-bond donors (Lipinski definition) is 2. The van der Waals surface area contributed by atoms with Crippen LogP contribution in [-0.4, -0.2) is 22.6 Å². The van der Waals surface area contributed by atoms with Gasteiger partial charge in [-0.1, -0.05) is 24.0 Å². The largest absolute Gasteiger partial charge is 0.395 e. The topological polar surface area (TPSA) is 62.2 Å². The number of pyridine rings is 1. The van der Waals surface area contributed by atoms with Crippen LogP contribution in [0.4, 0.5) is 5.69 Å². The number of carbonyl (C=O) groups is 1. The molecular formula is C16H14N2O2. The maximum Gasteiger partial charge on any atom is 0.274 e. The molecule has 0 saturated carbocycles. The summed E-state index contributed by atoms with van der Waals surface area (Å²) in [5.41, 5.74) is 1.82. The third kappa shape index (κ3) is 3.94. The van der Waals surface area contributed by atoms with E-state index >= 15 is 0 Å². The number of aromatic nitrogens is 1. The average molecular weight is 266 g/mol. The Labute approximate surface area is 117 Å². The van der Waals surface area contributed by atoms with E-state index in [0.29, 0.717) is 17.8 Å². The molecule has 1 heterocycles. The van der Waals surface area contributed by atoms with E-state index in [-0.39, 0.29) is 12.5 Å². The number of nitrogens with one attached hydrogen (secondary N) is 1. The smallest absolute Gasteiger partial charge is 0.274 e. The maximum atomic E-state index is 11.9. The predicted octanol–water partition coefficient (Wildman–Crippen LogP) is 2.07. The van der Waals surface area contributed by atoms with Crippen molar-refractivity contribution in [3.05, 3.63) is 59.9 Å². The number of rotatable bonds is 3. The van der Waals surface area contributed by atoms with Crippen molar-refractivity contribution in [1.29, 1.82) is 0 Å². The lowest BCUT2D eigenvalue weighted by Crippen LogP contribution is -2.13. The Kier molecular flexibility index (Phi) is 4.87. The SMILES string of the molecule is O=C(Nc1cccc(C#CCCO)c1)c1ccccn1. The van der Waals surface area contributed by atoms with Crippen LogP contribution in [0.1, 0.15) is 22.5 Å². The van der Waals surface area contributed by atoms with Crippen LogP contribution in [-0.2, 0) is 0 Å². The number of benzene rings is 1. The van der Waals surface area contributed by atoms with Crippen molar-refractivity contribution < 1.29 is 9.90 Å². The average Bonchev–Trinajstić information content (AvgIpc) is 2.49. The number of hydrogen-bond acceptors (Lipinski definition) is 3. The molecular weight excluding hydrogens is 252 g/mol. The van der Waals surface area contributed by atoms with Crippen molar-refractivity contribution in [2.45, 2.75) is 6.42 Å². The van der Waals surface area contributed by atoms with Gasteiger partial charge in [-0.2, -0.15) is 0 Å². The molecule has 0 fully saturated rings. The number of carbonyl (C=O) groups excluding carboxylic acids is 1. The van der Waals surface area contributed by atoms with E-state index in [9.17, 15) is 4.79 Å². The third-order valence-electron chi connectivity index (χ3n) is 2.49. The second kappa shape index (κ2) is 7.07. The molecule has 1 aromatic carbocycles. The fraction of sp³-hybridized carbons (Fsp3) is 0.125. The Bertz CT molecular complexity index is 642. The molecule has 2 rings (SSSR count). The monoisotopic (exact) mass is 266 g/mol. The highest BCUT2D eigenvalue weighted by Gasteiger charge is 2.06. The Morgan fingerprint density at radius 3 is 2.90 bits per heavy atom. The minimum atomic E-state index is -0.258. The second-order valence-corrected chi connectivity index (χ2v) is 4.03. The summed E-state index contributed by atoms with van der Waals surface area (Å²) in [7, 11) is 0. The lowest BCUT2D eigenvalue weighted by Gasteiger charge is -2.04. The summed E-state index contributed by atoms with van der Waals surface area (Å²) in [6, 6.07) is 12.4. The first-order valence-electron chi connectivity index (χ1n) is 6.22. The van der Waals surface area contributed by atoms with Gasteiger partial charge in [0.2, 0.25) is 0 Å². The van der Waals surface area contributed by atoms with Crippen LogP contribution in [0.3, 0.4) is 0 Å². The summed E-state index contributed by atoms with van der Waals surface area (Å²) in [5, 5.41) is 11.4. The first-order valence-corrected chi connectivity index (χ1v) is 6.22. The third-order valence-corrected chi connectivity index (χ3v) is 2.49. The van der Waals surface area contributed by atoms with Crippen LogP contribution >= 0.6 is 0 Å². The van der Waals surface area contributed by atoms with E-state index in [1.54, 1.807) is 36.5 Å². The van der Waals surface area contributed by atoms with E-state index in [4.69, 9.17) is 5.11 Å². The van der Waals surface area contributed by atoms with E-state index in [0.717, 1.165) is 5.56 Å². The summed E-state index contributed by atoms with van der Waals surface area (Å²) in [5.74, 6) is 5.50. The van der Waals surface area contributed by atoms with E-state index < -0.39 is 0 Å². The Morgan fingerprint density at radius 2 is 2.15 bits per heavy atom. The molecule has 0 unspecified atom stereocenters. The van der Waals surface area contributed by atoms with Gasteiger partial charge >= 0.3 is 0 Å². The Morgan fingerprint density at radius 1 is 1.25 bits per heavy atom. The van der Waals surface area contributed by atoms with Crippen molar-refractivity contribution in [2.24, 2.45) is 0 Å². The highest BCUT2D eigenvalue weighted by Crippen LogP contribution is 2.11. The molecule has 0 atom stereocenters. The molecule has 20 heavy (non-hydrogen) atoms. The molecule has 1 amide bonds. The maximum absolute atomic E-state index is 11.9. The zero-order valence-corrected chi connectivity index (χ0v) is 10.8. The van der Waals surface area contributed by atoms with E-state index in [1.807, 2.05) is 12.1 Å². The summed E-state index contributed by atoms with van der Waals surface area (Å²) in [6.07, 6.45) is 2.01.